The van der Waals surface area contributed by atoms with Crippen molar-refractivity contribution in [3.05, 3.63) is 41.4 Å². The van der Waals surface area contributed by atoms with Gasteiger partial charge in [-0.2, -0.15) is 0 Å². The van der Waals surface area contributed by atoms with Gasteiger partial charge in [0.2, 0.25) is 11.3 Å². The summed E-state index contributed by atoms with van der Waals surface area (Å²) < 4.78 is 4.72. The second kappa shape index (κ2) is 6.34. The van der Waals surface area contributed by atoms with Crippen molar-refractivity contribution in [1.82, 2.24) is 25.3 Å². The van der Waals surface area contributed by atoms with Gasteiger partial charge in [-0.25, -0.2) is 19.6 Å². The SMILES string of the molecule is c1ccc(-c2nc(CNc3nc4nonc4nc3NC3CC3)cs2)cc1. The smallest absolute Gasteiger partial charge is 0.245 e. The molecule has 1 fully saturated rings. The molecule has 130 valence electrons. The molecule has 0 unspecified atom stereocenters. The third kappa shape index (κ3) is 3.08. The fourth-order valence-corrected chi connectivity index (χ4v) is 3.38. The third-order valence-corrected chi connectivity index (χ3v) is 4.98. The van der Waals surface area contributed by atoms with E-state index >= 15 is 0 Å². The lowest BCUT2D eigenvalue weighted by molar-refractivity contribution is 0.314. The molecule has 0 aliphatic heterocycles. The Bertz CT molecular complexity index is 1040. The molecule has 1 saturated carbocycles. The highest BCUT2D eigenvalue weighted by Crippen LogP contribution is 2.29. The highest BCUT2D eigenvalue weighted by Gasteiger charge is 2.24. The van der Waals surface area contributed by atoms with E-state index in [-0.39, 0.29) is 0 Å². The highest BCUT2D eigenvalue weighted by molar-refractivity contribution is 7.13. The zero-order chi connectivity index (χ0) is 17.3. The van der Waals surface area contributed by atoms with Gasteiger partial charge in [-0.1, -0.05) is 30.3 Å². The summed E-state index contributed by atoms with van der Waals surface area (Å²) in [6, 6.07) is 10.6. The quantitative estimate of drug-likeness (QED) is 0.536. The number of nitrogens with zero attached hydrogens (tertiary/aromatic N) is 5. The Labute approximate surface area is 152 Å². The number of hydrogen-bond donors (Lipinski definition) is 2. The van der Waals surface area contributed by atoms with Gasteiger partial charge in [0.05, 0.1) is 12.2 Å². The summed E-state index contributed by atoms with van der Waals surface area (Å²) in [5.74, 6) is 1.31. The molecule has 0 spiro atoms. The Hall–Kier alpha value is -3.07. The van der Waals surface area contributed by atoms with Crippen LogP contribution in [0.3, 0.4) is 0 Å². The molecular formula is C17H15N7OS. The highest BCUT2D eigenvalue weighted by atomic mass is 32.1. The summed E-state index contributed by atoms with van der Waals surface area (Å²) in [6.45, 7) is 0.550. The molecule has 1 aliphatic carbocycles. The normalized spacial score (nSPS) is 13.8. The van der Waals surface area contributed by atoms with Crippen LogP contribution in [-0.2, 0) is 6.54 Å². The first kappa shape index (κ1) is 15.2. The van der Waals surface area contributed by atoms with E-state index in [9.17, 15) is 0 Å². The summed E-state index contributed by atoms with van der Waals surface area (Å²) in [5, 5.41) is 17.3. The van der Waals surface area contributed by atoms with Crippen LogP contribution in [0.1, 0.15) is 18.5 Å². The van der Waals surface area contributed by atoms with Gasteiger partial charge in [-0.15, -0.1) is 11.3 Å². The number of thiazole rings is 1. The van der Waals surface area contributed by atoms with Crippen LogP contribution < -0.4 is 10.6 Å². The lowest BCUT2D eigenvalue weighted by atomic mass is 10.2. The monoisotopic (exact) mass is 365 g/mol. The minimum Gasteiger partial charge on any atom is -0.364 e. The van der Waals surface area contributed by atoms with Crippen LogP contribution in [0.15, 0.2) is 40.3 Å². The Balaban J connectivity index is 1.37. The molecule has 3 aromatic heterocycles. The van der Waals surface area contributed by atoms with Crippen molar-refractivity contribution in [2.24, 2.45) is 0 Å². The largest absolute Gasteiger partial charge is 0.364 e. The van der Waals surface area contributed by atoms with Gasteiger partial charge in [0, 0.05) is 17.0 Å². The lowest BCUT2D eigenvalue weighted by Crippen LogP contribution is -2.10. The molecule has 0 saturated heterocycles. The van der Waals surface area contributed by atoms with Gasteiger partial charge >= 0.3 is 0 Å². The molecule has 8 nitrogen and oxygen atoms in total. The number of rotatable bonds is 6. The number of fused-ring (bicyclic) bond motifs is 1. The molecule has 4 aromatic rings. The summed E-state index contributed by atoms with van der Waals surface area (Å²) >= 11 is 1.63. The average molecular weight is 365 g/mol. The van der Waals surface area contributed by atoms with Gasteiger partial charge in [0.25, 0.3) is 0 Å². The molecule has 1 aliphatic rings. The number of hydrogen-bond acceptors (Lipinski definition) is 9. The molecule has 1 aromatic carbocycles. The van der Waals surface area contributed by atoms with E-state index in [1.165, 1.54) is 0 Å². The zero-order valence-corrected chi connectivity index (χ0v) is 14.5. The number of benzene rings is 1. The van der Waals surface area contributed by atoms with Gasteiger partial charge < -0.3 is 10.6 Å². The van der Waals surface area contributed by atoms with E-state index in [4.69, 9.17) is 9.61 Å². The second-order valence-corrected chi connectivity index (χ2v) is 6.97. The molecule has 5 rings (SSSR count). The van der Waals surface area contributed by atoms with E-state index < -0.39 is 0 Å². The van der Waals surface area contributed by atoms with Crippen molar-refractivity contribution in [3.63, 3.8) is 0 Å². The first-order valence-corrected chi connectivity index (χ1v) is 9.24. The Morgan fingerprint density at radius 2 is 1.77 bits per heavy atom. The van der Waals surface area contributed by atoms with E-state index in [0.29, 0.717) is 35.5 Å². The molecule has 9 heteroatoms. The predicted octanol–water partition coefficient (Wildman–Crippen LogP) is 3.32. The van der Waals surface area contributed by atoms with Gasteiger partial charge in [0.1, 0.15) is 5.01 Å². The molecule has 3 heterocycles. The van der Waals surface area contributed by atoms with Crippen molar-refractivity contribution in [3.8, 4) is 10.6 Å². The van der Waals surface area contributed by atoms with Gasteiger partial charge in [-0.3, -0.25) is 0 Å². The summed E-state index contributed by atoms with van der Waals surface area (Å²) in [4.78, 5) is 13.6. The molecule has 0 bridgehead atoms. The van der Waals surface area contributed by atoms with E-state index in [1.807, 2.05) is 23.6 Å². The van der Waals surface area contributed by atoms with Gasteiger partial charge in [-0.05, 0) is 23.2 Å². The molecular weight excluding hydrogens is 350 g/mol. The van der Waals surface area contributed by atoms with Gasteiger partial charge in [0.15, 0.2) is 11.6 Å². The van der Waals surface area contributed by atoms with Crippen molar-refractivity contribution in [1.29, 1.82) is 0 Å². The fourth-order valence-electron chi connectivity index (χ4n) is 2.56. The van der Waals surface area contributed by atoms with Crippen LogP contribution in [0.5, 0.6) is 0 Å². The van der Waals surface area contributed by atoms with Crippen molar-refractivity contribution >= 4 is 34.3 Å². The maximum Gasteiger partial charge on any atom is 0.245 e. The van der Waals surface area contributed by atoms with Crippen LogP contribution in [0.25, 0.3) is 21.9 Å². The minimum atomic E-state index is 0.386. The molecule has 2 N–H and O–H groups in total. The molecule has 0 radical (unpaired) electrons. The van der Waals surface area contributed by atoms with Crippen LogP contribution in [-0.4, -0.2) is 31.3 Å². The standard InChI is InChI=1S/C17H15N7OS/c1-2-4-10(5-3-1)17-20-12(9-26-17)8-18-13-14(19-11-6-7-11)22-16-15(21-13)23-25-24-16/h1-5,9,11H,6-8H2,(H,18,21,23)(H,19,22,24). The lowest BCUT2D eigenvalue weighted by Gasteiger charge is -2.10. The Morgan fingerprint density at radius 3 is 2.54 bits per heavy atom. The van der Waals surface area contributed by atoms with Crippen molar-refractivity contribution in [2.75, 3.05) is 10.6 Å². The van der Waals surface area contributed by atoms with Crippen LogP contribution >= 0.6 is 11.3 Å². The zero-order valence-electron chi connectivity index (χ0n) is 13.7. The third-order valence-electron chi connectivity index (χ3n) is 4.04. The first-order valence-electron chi connectivity index (χ1n) is 8.36. The number of anilines is 2. The minimum absolute atomic E-state index is 0.386. The Morgan fingerprint density at radius 1 is 1.00 bits per heavy atom. The Kier molecular flexibility index (Phi) is 3.71. The first-order chi connectivity index (χ1) is 12.8. The van der Waals surface area contributed by atoms with E-state index in [0.717, 1.165) is 29.1 Å². The topological polar surface area (TPSA) is 102 Å². The van der Waals surface area contributed by atoms with Crippen LogP contribution in [0.2, 0.25) is 0 Å². The number of aromatic nitrogens is 5. The maximum atomic E-state index is 4.72. The number of nitrogens with one attached hydrogen (secondary N) is 2. The van der Waals surface area contributed by atoms with Crippen molar-refractivity contribution in [2.45, 2.75) is 25.4 Å². The average Bonchev–Trinajstić information content (AvgIpc) is 3.18. The summed E-state index contributed by atoms with van der Waals surface area (Å²) in [7, 11) is 0. The van der Waals surface area contributed by atoms with E-state index in [1.54, 1.807) is 11.3 Å². The second-order valence-electron chi connectivity index (χ2n) is 6.11. The summed E-state index contributed by atoms with van der Waals surface area (Å²) in [6.07, 6.45) is 2.28. The fraction of sp³-hybridized carbons (Fsp3) is 0.235. The molecule has 0 amide bonds. The predicted molar refractivity (Wildman–Crippen MR) is 98.9 cm³/mol. The maximum absolute atomic E-state index is 4.72. The molecule has 26 heavy (non-hydrogen) atoms. The summed E-state index contributed by atoms with van der Waals surface area (Å²) in [5.41, 5.74) is 2.86. The van der Waals surface area contributed by atoms with Crippen molar-refractivity contribution < 1.29 is 4.63 Å². The van der Waals surface area contributed by atoms with Crippen LogP contribution in [0.4, 0.5) is 11.6 Å². The molecule has 0 atom stereocenters. The van der Waals surface area contributed by atoms with E-state index in [2.05, 4.69) is 43.0 Å². The van der Waals surface area contributed by atoms with Crippen LogP contribution in [0, 0.1) is 0 Å².